The van der Waals surface area contributed by atoms with Crippen molar-refractivity contribution in [1.82, 2.24) is 10.2 Å². The summed E-state index contributed by atoms with van der Waals surface area (Å²) in [5.74, 6) is -0.0228. The van der Waals surface area contributed by atoms with Crippen LogP contribution in [0.25, 0.3) is 0 Å². The van der Waals surface area contributed by atoms with Crippen molar-refractivity contribution in [3.05, 3.63) is 41.1 Å². The fourth-order valence-electron chi connectivity index (χ4n) is 3.04. The maximum absolute atomic E-state index is 13.9. The average Bonchev–Trinajstić information content (AvgIpc) is 3.11. The normalized spacial score (nSPS) is 27.1. The molecule has 8 nitrogen and oxygen atoms in total. The highest BCUT2D eigenvalue weighted by Gasteiger charge is 2.47. The van der Waals surface area contributed by atoms with Gasteiger partial charge in [-0.25, -0.2) is 4.39 Å². The van der Waals surface area contributed by atoms with E-state index in [0.717, 1.165) is 0 Å². The molecule has 2 aromatic rings. The van der Waals surface area contributed by atoms with Crippen molar-refractivity contribution in [2.75, 3.05) is 13.7 Å². The molecule has 1 saturated heterocycles. The summed E-state index contributed by atoms with van der Waals surface area (Å²) in [6.45, 7) is -0.835. The summed E-state index contributed by atoms with van der Waals surface area (Å²) >= 11 is 0. The highest BCUT2D eigenvalue weighted by atomic mass is 19.4. The van der Waals surface area contributed by atoms with Crippen molar-refractivity contribution in [1.29, 1.82) is 0 Å². The standard InChI is InChI=1S/C18H20F4N2O6/c1-28-9-4-2-8(3-5-9)6-10-15(18(20,21)22)23-24-16(10)30-17-14(27)13(26)12(19)11(7-25)29-17/h2-5,11-14,17,25-27H,6-7H2,1H3,(H,23,24)/t11?,12-,13+,14-,17?/m1/s1. The van der Waals surface area contributed by atoms with Crippen LogP contribution >= 0.6 is 0 Å². The lowest BCUT2D eigenvalue weighted by Crippen LogP contribution is -2.58. The summed E-state index contributed by atoms with van der Waals surface area (Å²) in [4.78, 5) is 0. The number of rotatable bonds is 6. The van der Waals surface area contributed by atoms with E-state index in [4.69, 9.17) is 19.3 Å². The predicted molar refractivity (Wildman–Crippen MR) is 92.7 cm³/mol. The van der Waals surface area contributed by atoms with Gasteiger partial charge < -0.3 is 29.5 Å². The molecule has 0 spiro atoms. The number of benzene rings is 1. The first-order valence-electron chi connectivity index (χ1n) is 8.86. The number of nitrogens with one attached hydrogen (secondary N) is 1. The van der Waals surface area contributed by atoms with Gasteiger partial charge in [0.1, 0.15) is 29.8 Å². The number of aromatic nitrogens is 2. The molecule has 0 amide bonds. The molecule has 4 N–H and O–H groups in total. The van der Waals surface area contributed by atoms with Gasteiger partial charge in [-0.1, -0.05) is 12.1 Å². The minimum absolute atomic E-state index is 0.245. The van der Waals surface area contributed by atoms with Crippen LogP contribution in [0.15, 0.2) is 24.3 Å². The topological polar surface area (TPSA) is 117 Å². The minimum Gasteiger partial charge on any atom is -0.497 e. The Morgan fingerprint density at radius 3 is 2.40 bits per heavy atom. The molecule has 0 radical (unpaired) electrons. The zero-order chi connectivity index (χ0) is 22.1. The second-order valence-electron chi connectivity index (χ2n) is 6.67. The maximum Gasteiger partial charge on any atom is 0.433 e. The first kappa shape index (κ1) is 22.3. The zero-order valence-electron chi connectivity index (χ0n) is 15.6. The average molecular weight is 436 g/mol. The number of alkyl halides is 4. The Bertz CT molecular complexity index is 842. The number of ether oxygens (including phenoxy) is 3. The molecular formula is C18H20F4N2O6. The Morgan fingerprint density at radius 1 is 1.17 bits per heavy atom. The van der Waals surface area contributed by atoms with E-state index in [9.17, 15) is 27.8 Å². The molecule has 0 saturated carbocycles. The highest BCUT2D eigenvalue weighted by molar-refractivity contribution is 5.39. The van der Waals surface area contributed by atoms with Crippen LogP contribution in [0.3, 0.4) is 0 Å². The van der Waals surface area contributed by atoms with Crippen LogP contribution in [-0.4, -0.2) is 70.0 Å². The molecule has 12 heteroatoms. The van der Waals surface area contributed by atoms with Gasteiger partial charge in [0.15, 0.2) is 6.17 Å². The zero-order valence-corrected chi connectivity index (χ0v) is 15.6. The van der Waals surface area contributed by atoms with E-state index in [0.29, 0.717) is 11.3 Å². The van der Waals surface area contributed by atoms with Crippen molar-refractivity contribution in [2.24, 2.45) is 0 Å². The minimum atomic E-state index is -4.78. The van der Waals surface area contributed by atoms with Crippen LogP contribution in [-0.2, 0) is 17.3 Å². The van der Waals surface area contributed by atoms with E-state index >= 15 is 0 Å². The summed E-state index contributed by atoms with van der Waals surface area (Å²) in [7, 11) is 1.45. The van der Waals surface area contributed by atoms with Gasteiger partial charge in [-0.05, 0) is 17.7 Å². The first-order chi connectivity index (χ1) is 14.2. The third-order valence-electron chi connectivity index (χ3n) is 4.68. The molecule has 1 fully saturated rings. The van der Waals surface area contributed by atoms with Gasteiger partial charge in [0.25, 0.3) is 0 Å². The third kappa shape index (κ3) is 4.51. The molecule has 2 heterocycles. The van der Waals surface area contributed by atoms with Crippen LogP contribution in [0.4, 0.5) is 17.6 Å². The molecule has 5 atom stereocenters. The predicted octanol–water partition coefficient (Wildman–Crippen LogP) is 1.18. The molecule has 1 aromatic carbocycles. The van der Waals surface area contributed by atoms with Crippen LogP contribution in [0.2, 0.25) is 0 Å². The highest BCUT2D eigenvalue weighted by Crippen LogP contribution is 2.37. The smallest absolute Gasteiger partial charge is 0.433 e. The van der Waals surface area contributed by atoms with Crippen molar-refractivity contribution in [2.45, 2.75) is 43.4 Å². The Kier molecular flexibility index (Phi) is 6.50. The quantitative estimate of drug-likeness (QED) is 0.503. The number of hydrogen-bond acceptors (Lipinski definition) is 7. The van der Waals surface area contributed by atoms with Crippen LogP contribution < -0.4 is 9.47 Å². The Morgan fingerprint density at radius 2 is 1.83 bits per heavy atom. The van der Waals surface area contributed by atoms with E-state index in [1.807, 2.05) is 5.10 Å². The molecule has 30 heavy (non-hydrogen) atoms. The third-order valence-corrected chi connectivity index (χ3v) is 4.68. The molecule has 166 valence electrons. The summed E-state index contributed by atoms with van der Waals surface area (Å²) in [5.41, 5.74) is -1.06. The SMILES string of the molecule is COc1ccc(Cc2c(OC3OC(CO)[C@@H](F)[C@H](O)[C@H]3O)n[nH]c2C(F)(F)F)cc1. The Balaban J connectivity index is 1.89. The summed E-state index contributed by atoms with van der Waals surface area (Å²) in [6.07, 6.45) is -14.3. The van der Waals surface area contributed by atoms with Gasteiger partial charge in [0.05, 0.1) is 19.3 Å². The monoisotopic (exact) mass is 436 g/mol. The van der Waals surface area contributed by atoms with E-state index in [-0.39, 0.29) is 12.0 Å². The van der Waals surface area contributed by atoms with Gasteiger partial charge in [0.2, 0.25) is 12.2 Å². The lowest BCUT2D eigenvalue weighted by atomic mass is 10.0. The van der Waals surface area contributed by atoms with E-state index in [1.54, 1.807) is 24.3 Å². The number of methoxy groups -OCH3 is 1. The van der Waals surface area contributed by atoms with Crippen molar-refractivity contribution in [3.8, 4) is 11.6 Å². The van der Waals surface area contributed by atoms with Crippen LogP contribution in [0.1, 0.15) is 16.8 Å². The Labute approximate surface area is 168 Å². The Hall–Kier alpha value is -2.41. The number of aromatic amines is 1. The molecule has 0 aliphatic carbocycles. The van der Waals surface area contributed by atoms with Crippen LogP contribution in [0, 0.1) is 0 Å². The number of nitrogens with zero attached hydrogens (tertiary/aromatic N) is 1. The van der Waals surface area contributed by atoms with Gasteiger partial charge >= 0.3 is 6.18 Å². The van der Waals surface area contributed by atoms with Gasteiger partial charge in [-0.3, -0.25) is 5.10 Å². The van der Waals surface area contributed by atoms with Crippen molar-refractivity contribution in [3.63, 3.8) is 0 Å². The molecule has 3 rings (SSSR count). The van der Waals surface area contributed by atoms with Gasteiger partial charge in [0, 0.05) is 6.42 Å². The van der Waals surface area contributed by atoms with E-state index in [2.05, 4.69) is 5.10 Å². The van der Waals surface area contributed by atoms with Gasteiger partial charge in [-0.2, -0.15) is 13.2 Å². The molecule has 1 aliphatic rings. The number of aliphatic hydroxyl groups excluding tert-OH is 3. The second kappa shape index (κ2) is 8.76. The van der Waals surface area contributed by atoms with Crippen LogP contribution in [0.5, 0.6) is 11.6 Å². The lowest BCUT2D eigenvalue weighted by Gasteiger charge is -2.38. The molecule has 1 aromatic heterocycles. The second-order valence-corrected chi connectivity index (χ2v) is 6.67. The largest absolute Gasteiger partial charge is 0.497 e. The van der Waals surface area contributed by atoms with Crippen molar-refractivity contribution >= 4 is 0 Å². The number of aliphatic hydroxyl groups is 3. The fourth-order valence-corrected chi connectivity index (χ4v) is 3.04. The maximum atomic E-state index is 13.9. The molecule has 1 aliphatic heterocycles. The molecule has 2 unspecified atom stereocenters. The van der Waals surface area contributed by atoms with Gasteiger partial charge in [-0.15, -0.1) is 5.10 Å². The fraction of sp³-hybridized carbons (Fsp3) is 0.500. The van der Waals surface area contributed by atoms with Crippen molar-refractivity contribution < 1.29 is 47.1 Å². The van der Waals surface area contributed by atoms with E-state index in [1.165, 1.54) is 7.11 Å². The lowest BCUT2D eigenvalue weighted by molar-refractivity contribution is -0.265. The molecule has 0 bridgehead atoms. The summed E-state index contributed by atoms with van der Waals surface area (Å²) in [5, 5.41) is 34.3. The molecular weight excluding hydrogens is 416 g/mol. The first-order valence-corrected chi connectivity index (χ1v) is 8.86. The number of H-pyrrole nitrogens is 1. The van der Waals surface area contributed by atoms with E-state index < -0.39 is 55.1 Å². The number of hydrogen-bond donors (Lipinski definition) is 4. The summed E-state index contributed by atoms with van der Waals surface area (Å²) < 4.78 is 69.5. The number of halogens is 4. The summed E-state index contributed by atoms with van der Waals surface area (Å²) in [6, 6.07) is 6.25.